The zero-order valence-corrected chi connectivity index (χ0v) is 13.0. The standard InChI is InChI=1S/C17H17N5O/c1-12(2)13-5-3-4-6-14(13)19-17(23)15-7-8-16(21-20-15)22-10-9-18-11-22/h3-12H,1-2H3,(H,19,23). The number of carbonyl (C=O) groups excluding carboxylic acids is 1. The van der Waals surface area contributed by atoms with Crippen LogP contribution in [0.5, 0.6) is 0 Å². The SMILES string of the molecule is CC(C)c1ccccc1NC(=O)c1ccc(-n2ccnc2)nn1. The van der Waals surface area contributed by atoms with Gasteiger partial charge in [0, 0.05) is 18.1 Å². The van der Waals surface area contributed by atoms with E-state index in [-0.39, 0.29) is 11.6 Å². The summed E-state index contributed by atoms with van der Waals surface area (Å²) in [7, 11) is 0. The molecular weight excluding hydrogens is 290 g/mol. The van der Waals surface area contributed by atoms with Crippen molar-refractivity contribution in [3.05, 3.63) is 66.4 Å². The maximum absolute atomic E-state index is 12.4. The monoisotopic (exact) mass is 307 g/mol. The molecule has 23 heavy (non-hydrogen) atoms. The van der Waals surface area contributed by atoms with Gasteiger partial charge in [-0.1, -0.05) is 32.0 Å². The van der Waals surface area contributed by atoms with Crippen molar-refractivity contribution >= 4 is 11.6 Å². The average Bonchev–Trinajstić information content (AvgIpc) is 3.10. The van der Waals surface area contributed by atoms with Crippen molar-refractivity contribution in [3.8, 4) is 5.82 Å². The smallest absolute Gasteiger partial charge is 0.276 e. The fourth-order valence-electron chi connectivity index (χ4n) is 2.28. The van der Waals surface area contributed by atoms with E-state index < -0.39 is 0 Å². The molecule has 0 saturated heterocycles. The molecule has 0 fully saturated rings. The van der Waals surface area contributed by atoms with Gasteiger partial charge in [0.25, 0.3) is 5.91 Å². The number of imidazole rings is 1. The van der Waals surface area contributed by atoms with Crippen LogP contribution in [0.3, 0.4) is 0 Å². The first-order chi connectivity index (χ1) is 11.1. The molecule has 0 spiro atoms. The zero-order chi connectivity index (χ0) is 16.2. The van der Waals surface area contributed by atoms with Gasteiger partial charge in [0.2, 0.25) is 0 Å². The second kappa shape index (κ2) is 6.39. The zero-order valence-electron chi connectivity index (χ0n) is 13.0. The molecule has 0 radical (unpaired) electrons. The van der Waals surface area contributed by atoms with Crippen LogP contribution in [0.2, 0.25) is 0 Å². The minimum atomic E-state index is -0.275. The quantitative estimate of drug-likeness (QED) is 0.804. The van der Waals surface area contributed by atoms with Gasteiger partial charge >= 0.3 is 0 Å². The summed E-state index contributed by atoms with van der Waals surface area (Å²) in [5.74, 6) is 0.658. The molecule has 0 bridgehead atoms. The van der Waals surface area contributed by atoms with E-state index in [1.165, 1.54) is 0 Å². The molecule has 1 N–H and O–H groups in total. The molecule has 116 valence electrons. The highest BCUT2D eigenvalue weighted by molar-refractivity contribution is 6.03. The summed E-state index contributed by atoms with van der Waals surface area (Å²) in [4.78, 5) is 16.3. The van der Waals surface area contributed by atoms with Crippen LogP contribution in [0, 0.1) is 0 Å². The summed E-state index contributed by atoms with van der Waals surface area (Å²) in [6, 6.07) is 11.1. The fraction of sp³-hybridized carbons (Fsp3) is 0.176. The Balaban J connectivity index is 1.79. The molecular formula is C17H17N5O. The molecule has 2 heterocycles. The van der Waals surface area contributed by atoms with Gasteiger partial charge in [0.1, 0.15) is 6.33 Å². The molecule has 3 rings (SSSR count). The van der Waals surface area contributed by atoms with Gasteiger partial charge < -0.3 is 5.32 Å². The summed E-state index contributed by atoms with van der Waals surface area (Å²) in [5.41, 5.74) is 2.16. The van der Waals surface area contributed by atoms with Crippen molar-refractivity contribution in [3.63, 3.8) is 0 Å². The first-order valence-corrected chi connectivity index (χ1v) is 7.37. The summed E-state index contributed by atoms with van der Waals surface area (Å²) in [6.07, 6.45) is 5.05. The maximum Gasteiger partial charge on any atom is 0.276 e. The number of rotatable bonds is 4. The number of nitrogens with zero attached hydrogens (tertiary/aromatic N) is 4. The first-order valence-electron chi connectivity index (χ1n) is 7.37. The molecule has 3 aromatic rings. The summed E-state index contributed by atoms with van der Waals surface area (Å²) in [6.45, 7) is 4.18. The lowest BCUT2D eigenvalue weighted by molar-refractivity contribution is 0.102. The van der Waals surface area contributed by atoms with E-state index in [4.69, 9.17) is 0 Å². The third-order valence-corrected chi connectivity index (χ3v) is 3.48. The largest absolute Gasteiger partial charge is 0.320 e. The number of hydrogen-bond acceptors (Lipinski definition) is 4. The highest BCUT2D eigenvalue weighted by Crippen LogP contribution is 2.24. The number of hydrogen-bond donors (Lipinski definition) is 1. The molecule has 0 aliphatic rings. The van der Waals surface area contributed by atoms with Crippen molar-refractivity contribution < 1.29 is 4.79 Å². The molecule has 0 unspecified atom stereocenters. The van der Waals surface area contributed by atoms with E-state index in [9.17, 15) is 4.79 Å². The molecule has 1 aromatic carbocycles. The first kappa shape index (κ1) is 14.9. The molecule has 0 aliphatic carbocycles. The normalized spacial score (nSPS) is 10.7. The van der Waals surface area contributed by atoms with Gasteiger partial charge in [-0.15, -0.1) is 10.2 Å². The molecule has 0 aliphatic heterocycles. The van der Waals surface area contributed by atoms with E-state index in [0.717, 1.165) is 11.3 Å². The highest BCUT2D eigenvalue weighted by atomic mass is 16.1. The van der Waals surface area contributed by atoms with Crippen LogP contribution >= 0.6 is 0 Å². The van der Waals surface area contributed by atoms with Gasteiger partial charge in [0.05, 0.1) is 0 Å². The van der Waals surface area contributed by atoms with Crippen molar-refractivity contribution in [1.29, 1.82) is 0 Å². The molecule has 2 aromatic heterocycles. The Labute approximate surface area is 134 Å². The number of carbonyl (C=O) groups is 1. The highest BCUT2D eigenvalue weighted by Gasteiger charge is 2.12. The van der Waals surface area contributed by atoms with Crippen LogP contribution in [0.15, 0.2) is 55.1 Å². The minimum absolute atomic E-state index is 0.271. The number of aromatic nitrogens is 4. The Morgan fingerprint density at radius 1 is 1.13 bits per heavy atom. The minimum Gasteiger partial charge on any atom is -0.320 e. The van der Waals surface area contributed by atoms with Crippen LogP contribution in [0.4, 0.5) is 5.69 Å². The Morgan fingerprint density at radius 3 is 2.61 bits per heavy atom. The lowest BCUT2D eigenvalue weighted by atomic mass is 10.0. The predicted octanol–water partition coefficient (Wildman–Crippen LogP) is 3.04. The third kappa shape index (κ3) is 3.26. The van der Waals surface area contributed by atoms with E-state index >= 15 is 0 Å². The van der Waals surface area contributed by atoms with Crippen LogP contribution < -0.4 is 5.32 Å². The Hall–Kier alpha value is -3.02. The Morgan fingerprint density at radius 2 is 1.96 bits per heavy atom. The predicted molar refractivity (Wildman–Crippen MR) is 87.6 cm³/mol. The number of amides is 1. The summed E-state index contributed by atoms with van der Waals surface area (Å²) >= 11 is 0. The van der Waals surface area contributed by atoms with Gasteiger partial charge in [-0.2, -0.15) is 0 Å². The van der Waals surface area contributed by atoms with Crippen molar-refractivity contribution in [2.24, 2.45) is 0 Å². The Bertz CT molecular complexity index is 794. The molecule has 1 amide bonds. The second-order valence-corrected chi connectivity index (χ2v) is 5.44. The average molecular weight is 307 g/mol. The van der Waals surface area contributed by atoms with E-state index in [0.29, 0.717) is 11.7 Å². The molecule has 0 atom stereocenters. The second-order valence-electron chi connectivity index (χ2n) is 5.44. The van der Waals surface area contributed by atoms with Crippen LogP contribution in [-0.2, 0) is 0 Å². The molecule has 6 heteroatoms. The van der Waals surface area contributed by atoms with Gasteiger partial charge in [0.15, 0.2) is 11.5 Å². The lowest BCUT2D eigenvalue weighted by Crippen LogP contribution is -2.16. The topological polar surface area (TPSA) is 72.7 Å². The van der Waals surface area contributed by atoms with Crippen LogP contribution in [-0.4, -0.2) is 25.7 Å². The molecule has 0 saturated carbocycles. The number of anilines is 1. The van der Waals surface area contributed by atoms with E-state index in [1.807, 2.05) is 24.3 Å². The molecule has 6 nitrogen and oxygen atoms in total. The van der Waals surface area contributed by atoms with Gasteiger partial charge in [-0.25, -0.2) is 4.98 Å². The van der Waals surface area contributed by atoms with Crippen molar-refractivity contribution in [1.82, 2.24) is 19.7 Å². The van der Waals surface area contributed by atoms with Gasteiger partial charge in [-0.3, -0.25) is 9.36 Å². The lowest BCUT2D eigenvalue weighted by Gasteiger charge is -2.13. The van der Waals surface area contributed by atoms with Crippen LogP contribution in [0.1, 0.15) is 35.8 Å². The Kier molecular flexibility index (Phi) is 4.14. The fourth-order valence-corrected chi connectivity index (χ4v) is 2.28. The number of nitrogens with one attached hydrogen (secondary N) is 1. The van der Waals surface area contributed by atoms with Crippen molar-refractivity contribution in [2.75, 3.05) is 5.32 Å². The maximum atomic E-state index is 12.4. The van der Waals surface area contributed by atoms with Crippen molar-refractivity contribution in [2.45, 2.75) is 19.8 Å². The summed E-state index contributed by atoms with van der Waals surface area (Å²) < 4.78 is 1.72. The number of para-hydroxylation sites is 1. The van der Waals surface area contributed by atoms with E-state index in [2.05, 4.69) is 34.3 Å². The van der Waals surface area contributed by atoms with Gasteiger partial charge in [-0.05, 0) is 29.7 Å². The van der Waals surface area contributed by atoms with Crippen LogP contribution in [0.25, 0.3) is 5.82 Å². The van der Waals surface area contributed by atoms with E-state index in [1.54, 1.807) is 35.4 Å². The third-order valence-electron chi connectivity index (χ3n) is 3.48. The number of benzene rings is 1. The summed E-state index contributed by atoms with van der Waals surface area (Å²) in [5, 5.41) is 10.9.